The Hall–Kier alpha value is -3.91. The van der Waals surface area contributed by atoms with Crippen molar-refractivity contribution in [2.45, 2.75) is 104 Å². The van der Waals surface area contributed by atoms with Crippen molar-refractivity contribution in [2.75, 3.05) is 26.4 Å². The Bertz CT molecular complexity index is 1210. The SMILES string of the molecule is CC(C)(C)OC(=O)COc1ccc(C(=O)NNC(=O)COC2CCNC(C(=O)OC(C)(C)C)C2)cc1OCC(=O)OC(C)(C)C. The van der Waals surface area contributed by atoms with E-state index >= 15 is 0 Å². The molecule has 1 aliphatic heterocycles. The molecule has 1 aromatic rings. The van der Waals surface area contributed by atoms with E-state index in [1.807, 2.05) is 0 Å². The quantitative estimate of drug-likeness (QED) is 0.184. The maximum atomic E-state index is 12.8. The number of benzene rings is 1. The smallest absolute Gasteiger partial charge is 0.344 e. The number of ether oxygens (including phenoxy) is 6. The van der Waals surface area contributed by atoms with E-state index in [4.69, 9.17) is 28.4 Å². The van der Waals surface area contributed by atoms with Crippen LogP contribution in [0, 0.1) is 0 Å². The molecule has 0 spiro atoms. The molecule has 2 atom stereocenters. The monoisotopic (exact) mass is 637 g/mol. The summed E-state index contributed by atoms with van der Waals surface area (Å²) in [6.45, 7) is 14.8. The first-order valence-corrected chi connectivity index (χ1v) is 14.7. The fourth-order valence-corrected chi connectivity index (χ4v) is 3.91. The predicted octanol–water partition coefficient (Wildman–Crippen LogP) is 2.37. The highest BCUT2D eigenvalue weighted by Gasteiger charge is 2.31. The highest BCUT2D eigenvalue weighted by Crippen LogP contribution is 2.29. The van der Waals surface area contributed by atoms with Gasteiger partial charge in [-0.15, -0.1) is 0 Å². The number of hydrazine groups is 1. The summed E-state index contributed by atoms with van der Waals surface area (Å²) < 4.78 is 32.7. The Labute approximate surface area is 264 Å². The van der Waals surface area contributed by atoms with E-state index in [1.54, 1.807) is 62.3 Å². The standard InChI is InChI=1S/C31H47N3O11/c1-29(2,3)43-25(36)17-41-22-11-10-19(14-23(22)42-18-26(37)44-30(4,5)6)27(38)34-33-24(35)16-40-20-12-13-32-21(15-20)28(39)45-31(7,8)9/h10-11,14,20-21,32H,12-13,15-18H2,1-9H3,(H,33,35)(H,34,38). The first-order valence-electron chi connectivity index (χ1n) is 14.7. The summed E-state index contributed by atoms with van der Waals surface area (Å²) in [6.07, 6.45) is 0.569. The average molecular weight is 638 g/mol. The minimum Gasteiger partial charge on any atom is -0.478 e. The lowest BCUT2D eigenvalue weighted by molar-refractivity contribution is -0.160. The van der Waals surface area contributed by atoms with Crippen LogP contribution in [0.1, 0.15) is 85.5 Å². The van der Waals surface area contributed by atoms with Crippen molar-refractivity contribution in [1.29, 1.82) is 0 Å². The summed E-state index contributed by atoms with van der Waals surface area (Å²) in [5.74, 6) is -2.93. The number of nitrogens with one attached hydrogen (secondary N) is 3. The van der Waals surface area contributed by atoms with Crippen molar-refractivity contribution in [1.82, 2.24) is 16.2 Å². The van der Waals surface area contributed by atoms with Crippen LogP contribution < -0.4 is 25.6 Å². The lowest BCUT2D eigenvalue weighted by atomic mass is 10.0. The second-order valence-corrected chi connectivity index (χ2v) is 13.4. The van der Waals surface area contributed by atoms with Crippen molar-refractivity contribution >= 4 is 29.7 Å². The third kappa shape index (κ3) is 15.1. The molecule has 14 heteroatoms. The van der Waals surface area contributed by atoms with Crippen molar-refractivity contribution in [3.63, 3.8) is 0 Å². The van der Waals surface area contributed by atoms with E-state index in [9.17, 15) is 24.0 Å². The molecule has 0 aromatic heterocycles. The van der Waals surface area contributed by atoms with Gasteiger partial charge in [0.2, 0.25) is 0 Å². The molecular weight excluding hydrogens is 590 g/mol. The number of carbonyl (C=O) groups is 5. The molecule has 1 fully saturated rings. The third-order valence-electron chi connectivity index (χ3n) is 5.55. The van der Waals surface area contributed by atoms with Gasteiger partial charge in [-0.3, -0.25) is 25.2 Å². The van der Waals surface area contributed by atoms with Gasteiger partial charge in [-0.25, -0.2) is 9.59 Å². The third-order valence-corrected chi connectivity index (χ3v) is 5.55. The summed E-state index contributed by atoms with van der Waals surface area (Å²) in [4.78, 5) is 61.9. The zero-order valence-corrected chi connectivity index (χ0v) is 27.6. The van der Waals surface area contributed by atoms with Crippen LogP contribution in [0.4, 0.5) is 0 Å². The van der Waals surface area contributed by atoms with Gasteiger partial charge in [0, 0.05) is 5.56 Å². The zero-order valence-electron chi connectivity index (χ0n) is 27.6. The second kappa shape index (κ2) is 15.9. The van der Waals surface area contributed by atoms with Gasteiger partial charge in [0.25, 0.3) is 11.8 Å². The van der Waals surface area contributed by atoms with Crippen molar-refractivity contribution in [2.24, 2.45) is 0 Å². The summed E-state index contributed by atoms with van der Waals surface area (Å²) in [5, 5.41) is 3.09. The molecule has 1 saturated heterocycles. The molecule has 2 amide bonds. The Morgan fingerprint density at radius 2 is 1.31 bits per heavy atom. The molecular formula is C31H47N3O11. The zero-order chi connectivity index (χ0) is 34.0. The number of rotatable bonds is 11. The maximum Gasteiger partial charge on any atom is 0.344 e. The summed E-state index contributed by atoms with van der Waals surface area (Å²) in [6, 6.07) is 3.51. The van der Waals surface area contributed by atoms with Crippen LogP contribution in [0.3, 0.4) is 0 Å². The number of carbonyl (C=O) groups excluding carboxylic acids is 5. The van der Waals surface area contributed by atoms with Gasteiger partial charge in [0.1, 0.15) is 29.5 Å². The van der Waals surface area contributed by atoms with Gasteiger partial charge < -0.3 is 33.7 Å². The fourth-order valence-electron chi connectivity index (χ4n) is 3.91. The minimum absolute atomic E-state index is 0.0165. The van der Waals surface area contributed by atoms with Gasteiger partial charge in [-0.05, 0) is 99.9 Å². The van der Waals surface area contributed by atoms with E-state index in [1.165, 1.54) is 18.2 Å². The molecule has 2 rings (SSSR count). The Morgan fingerprint density at radius 1 is 0.756 bits per heavy atom. The van der Waals surface area contributed by atoms with Crippen LogP contribution >= 0.6 is 0 Å². The molecule has 0 radical (unpaired) electrons. The Kier molecular flexibility index (Phi) is 13.2. The molecule has 14 nitrogen and oxygen atoms in total. The molecule has 45 heavy (non-hydrogen) atoms. The minimum atomic E-state index is -0.742. The summed E-state index contributed by atoms with van der Waals surface area (Å²) >= 11 is 0. The normalized spacial score (nSPS) is 17.0. The average Bonchev–Trinajstić information content (AvgIpc) is 2.90. The van der Waals surface area contributed by atoms with E-state index < -0.39 is 59.8 Å². The van der Waals surface area contributed by atoms with E-state index in [-0.39, 0.29) is 35.7 Å². The first-order chi connectivity index (χ1) is 20.7. The highest BCUT2D eigenvalue weighted by molar-refractivity contribution is 5.96. The highest BCUT2D eigenvalue weighted by atomic mass is 16.6. The molecule has 0 bridgehead atoms. The first kappa shape index (κ1) is 37.3. The van der Waals surface area contributed by atoms with Crippen LogP contribution in [0.2, 0.25) is 0 Å². The van der Waals surface area contributed by atoms with Crippen molar-refractivity contribution in [3.8, 4) is 11.5 Å². The molecule has 1 heterocycles. The van der Waals surface area contributed by atoms with E-state index in [0.29, 0.717) is 19.4 Å². The van der Waals surface area contributed by atoms with E-state index in [2.05, 4.69) is 16.2 Å². The van der Waals surface area contributed by atoms with Gasteiger partial charge in [0.15, 0.2) is 24.7 Å². The Morgan fingerprint density at radius 3 is 1.87 bits per heavy atom. The van der Waals surface area contributed by atoms with Gasteiger partial charge in [-0.1, -0.05) is 0 Å². The second-order valence-electron chi connectivity index (χ2n) is 13.4. The van der Waals surface area contributed by atoms with Crippen molar-refractivity contribution in [3.05, 3.63) is 23.8 Å². The summed E-state index contributed by atoms with van der Waals surface area (Å²) in [7, 11) is 0. The lowest BCUT2D eigenvalue weighted by Gasteiger charge is -2.31. The van der Waals surface area contributed by atoms with E-state index in [0.717, 1.165) is 0 Å². The molecule has 1 aromatic carbocycles. The number of hydrogen-bond acceptors (Lipinski definition) is 12. The van der Waals surface area contributed by atoms with Crippen LogP contribution in [-0.4, -0.2) is 85.0 Å². The lowest BCUT2D eigenvalue weighted by Crippen LogP contribution is -2.49. The molecule has 1 aliphatic rings. The van der Waals surface area contributed by atoms with Gasteiger partial charge in [0.05, 0.1) is 6.10 Å². The maximum absolute atomic E-state index is 12.8. The van der Waals surface area contributed by atoms with Gasteiger partial charge in [-0.2, -0.15) is 0 Å². The number of piperidine rings is 1. The Balaban J connectivity index is 1.97. The summed E-state index contributed by atoms with van der Waals surface area (Å²) in [5.41, 5.74) is 2.54. The van der Waals surface area contributed by atoms with Crippen LogP contribution in [0.5, 0.6) is 11.5 Å². The van der Waals surface area contributed by atoms with Crippen molar-refractivity contribution < 1.29 is 52.4 Å². The van der Waals surface area contributed by atoms with Gasteiger partial charge >= 0.3 is 17.9 Å². The number of esters is 3. The molecule has 3 N–H and O–H groups in total. The molecule has 252 valence electrons. The number of hydrogen-bond donors (Lipinski definition) is 3. The van der Waals surface area contributed by atoms with Crippen LogP contribution in [0.25, 0.3) is 0 Å². The molecule has 0 aliphatic carbocycles. The fraction of sp³-hybridized carbons (Fsp3) is 0.645. The van der Waals surface area contributed by atoms with Crippen LogP contribution in [0.15, 0.2) is 18.2 Å². The molecule has 0 saturated carbocycles. The number of amides is 2. The largest absolute Gasteiger partial charge is 0.478 e. The molecule has 2 unspecified atom stereocenters. The predicted molar refractivity (Wildman–Crippen MR) is 161 cm³/mol. The van der Waals surface area contributed by atoms with Crippen LogP contribution in [-0.2, 0) is 38.1 Å². The topological polar surface area (TPSA) is 177 Å².